The van der Waals surface area contributed by atoms with Crippen LogP contribution in [0.4, 0.5) is 0 Å². The van der Waals surface area contributed by atoms with E-state index in [9.17, 15) is 19.8 Å². The van der Waals surface area contributed by atoms with E-state index >= 15 is 0 Å². The maximum absolute atomic E-state index is 13.5. The number of aliphatic hydroxyl groups is 2. The predicted octanol–water partition coefficient (Wildman–Crippen LogP) is 4.52. The monoisotopic (exact) mass is 535 g/mol. The van der Waals surface area contributed by atoms with Crippen LogP contribution in [0.3, 0.4) is 0 Å². The van der Waals surface area contributed by atoms with E-state index in [1.54, 1.807) is 0 Å². The molecule has 210 valence electrons. The molecule has 0 unspecified atom stereocenters. The molecule has 0 amide bonds. The van der Waals surface area contributed by atoms with Gasteiger partial charge in [-0.3, -0.25) is 9.59 Å². The summed E-state index contributed by atoms with van der Waals surface area (Å²) >= 11 is 1.49. The number of ketones is 1. The molecule has 2 bridgehead atoms. The number of nitrogens with one attached hydrogen (secondary N) is 1. The summed E-state index contributed by atoms with van der Waals surface area (Å²) in [7, 11) is 0. The summed E-state index contributed by atoms with van der Waals surface area (Å²) < 4.78 is 6.35. The van der Waals surface area contributed by atoms with Gasteiger partial charge in [0.1, 0.15) is 11.9 Å². The lowest BCUT2D eigenvalue weighted by Gasteiger charge is -2.61. The van der Waals surface area contributed by atoms with Crippen molar-refractivity contribution in [3.8, 4) is 0 Å². The molecule has 0 aromatic carbocycles. The smallest absolute Gasteiger partial charge is 0.316 e. The Labute approximate surface area is 227 Å². The SMILES string of the molecule is C=C[C@]1(C)C[C@@H](OC(=O)CS[C@@H]2CCC[C@@H](NCC)[C@H]2O)[C@]2(C)[C@H](C)CC[C@]3(CCC(=O)[C@H]32)[C@@H](C)[C@@H]1O. The van der Waals surface area contributed by atoms with Gasteiger partial charge in [-0.2, -0.15) is 0 Å². The van der Waals surface area contributed by atoms with Crippen molar-refractivity contribution in [2.75, 3.05) is 12.3 Å². The quantitative estimate of drug-likeness (QED) is 0.326. The van der Waals surface area contributed by atoms with E-state index in [2.05, 4.69) is 32.7 Å². The van der Waals surface area contributed by atoms with E-state index < -0.39 is 29.1 Å². The zero-order valence-corrected chi connectivity index (χ0v) is 24.3. The molecule has 0 radical (unpaired) electrons. The molecule has 37 heavy (non-hydrogen) atoms. The van der Waals surface area contributed by atoms with Gasteiger partial charge in [0, 0.05) is 34.5 Å². The number of carbonyl (C=O) groups excluding carboxylic acids is 2. The minimum Gasteiger partial charge on any atom is -0.461 e. The topological polar surface area (TPSA) is 95.9 Å². The standard InChI is InChI=1S/C30H49NO5S/c1-7-28(5)16-23(36-24(33)17-37-22-11-9-10-20(25(22)34)31-8-2)29(6)18(3)12-14-30(19(4)27(28)35)15-13-21(32)26(29)30/h7,18-20,22-23,25-27,31,34-35H,1,8-17H2,2-6H3/t18-,19+,20-,22-,23-,25-,26+,27+,28-,29+,30+/m1/s1. The van der Waals surface area contributed by atoms with E-state index in [0.717, 1.165) is 45.1 Å². The summed E-state index contributed by atoms with van der Waals surface area (Å²) in [5.74, 6) is 0.117. The van der Waals surface area contributed by atoms with Crippen molar-refractivity contribution in [1.29, 1.82) is 0 Å². The number of hydrogen-bond donors (Lipinski definition) is 3. The molecular formula is C30H49NO5S. The second-order valence-corrected chi connectivity index (χ2v) is 14.2. The first-order valence-electron chi connectivity index (χ1n) is 14.5. The van der Waals surface area contributed by atoms with Crippen LogP contribution in [0.15, 0.2) is 12.7 Å². The molecule has 0 heterocycles. The molecule has 4 rings (SSSR count). The highest BCUT2D eigenvalue weighted by Crippen LogP contribution is 2.68. The minimum absolute atomic E-state index is 0.00273. The second-order valence-electron chi connectivity index (χ2n) is 13.0. The zero-order chi connectivity index (χ0) is 27.2. The van der Waals surface area contributed by atoms with Crippen LogP contribution in [0.1, 0.15) is 86.0 Å². The molecule has 4 fully saturated rings. The number of ether oxygens (including phenoxy) is 1. The number of thioether (sulfide) groups is 1. The van der Waals surface area contributed by atoms with E-state index in [0.29, 0.717) is 12.8 Å². The van der Waals surface area contributed by atoms with Crippen LogP contribution >= 0.6 is 11.8 Å². The highest BCUT2D eigenvalue weighted by atomic mass is 32.2. The number of hydrogen-bond acceptors (Lipinski definition) is 7. The third-order valence-electron chi connectivity index (χ3n) is 11.3. The second kappa shape index (κ2) is 10.9. The Morgan fingerprint density at radius 1 is 1.22 bits per heavy atom. The van der Waals surface area contributed by atoms with Crippen LogP contribution in [0, 0.1) is 34.0 Å². The first-order chi connectivity index (χ1) is 17.4. The van der Waals surface area contributed by atoms with E-state index in [-0.39, 0.29) is 52.0 Å². The van der Waals surface area contributed by atoms with Gasteiger partial charge in [-0.15, -0.1) is 18.3 Å². The first-order valence-corrected chi connectivity index (χ1v) is 15.6. The number of rotatable bonds is 7. The Balaban J connectivity index is 1.59. The largest absolute Gasteiger partial charge is 0.461 e. The molecule has 3 N–H and O–H groups in total. The molecule has 4 aliphatic carbocycles. The maximum atomic E-state index is 13.5. The fourth-order valence-electron chi connectivity index (χ4n) is 8.68. The molecule has 4 saturated carbocycles. The van der Waals surface area contributed by atoms with Crippen molar-refractivity contribution < 1.29 is 24.5 Å². The van der Waals surface area contributed by atoms with Gasteiger partial charge in [-0.05, 0) is 62.3 Å². The zero-order valence-electron chi connectivity index (χ0n) is 23.5. The van der Waals surface area contributed by atoms with Crippen LogP contribution < -0.4 is 5.32 Å². The van der Waals surface area contributed by atoms with Gasteiger partial charge in [-0.1, -0.05) is 47.1 Å². The number of likely N-dealkylation sites (N-methyl/N-ethyl adjacent to an activating group) is 1. The van der Waals surface area contributed by atoms with Gasteiger partial charge in [-0.25, -0.2) is 0 Å². The Morgan fingerprint density at radius 3 is 2.62 bits per heavy atom. The molecule has 7 heteroatoms. The molecule has 0 spiro atoms. The molecule has 0 aromatic heterocycles. The number of Topliss-reactive ketones (excluding diaryl/α,β-unsaturated/α-hetero) is 1. The average Bonchev–Trinajstić information content (AvgIpc) is 3.23. The fourth-order valence-corrected chi connectivity index (χ4v) is 9.81. The van der Waals surface area contributed by atoms with Crippen LogP contribution in [0.25, 0.3) is 0 Å². The summed E-state index contributed by atoms with van der Waals surface area (Å²) in [6.45, 7) is 15.5. The Morgan fingerprint density at radius 2 is 1.95 bits per heavy atom. The van der Waals surface area contributed by atoms with Gasteiger partial charge in [0.15, 0.2) is 0 Å². The average molecular weight is 536 g/mol. The highest BCUT2D eigenvalue weighted by molar-refractivity contribution is 8.00. The molecule has 4 aliphatic rings. The number of carbonyl (C=O) groups is 2. The Hall–Kier alpha value is -0.890. The lowest BCUT2D eigenvalue weighted by molar-refractivity contribution is -0.205. The molecule has 0 saturated heterocycles. The van der Waals surface area contributed by atoms with Gasteiger partial charge < -0.3 is 20.3 Å². The summed E-state index contributed by atoms with van der Waals surface area (Å²) in [6.07, 6.45) is 6.74. The number of esters is 1. The molecule has 0 aromatic rings. The van der Waals surface area contributed by atoms with Crippen molar-refractivity contribution in [3.05, 3.63) is 12.7 Å². The Kier molecular flexibility index (Phi) is 8.60. The van der Waals surface area contributed by atoms with Crippen LogP contribution in [-0.4, -0.2) is 63.9 Å². The van der Waals surface area contributed by atoms with Crippen molar-refractivity contribution in [1.82, 2.24) is 5.32 Å². The van der Waals surface area contributed by atoms with E-state index in [4.69, 9.17) is 4.74 Å². The van der Waals surface area contributed by atoms with E-state index in [1.807, 2.05) is 19.9 Å². The minimum atomic E-state index is -0.660. The van der Waals surface area contributed by atoms with Gasteiger partial charge in [0.25, 0.3) is 0 Å². The molecule has 0 aliphatic heterocycles. The van der Waals surface area contributed by atoms with Crippen molar-refractivity contribution in [2.24, 2.45) is 34.0 Å². The first kappa shape index (κ1) is 29.1. The van der Waals surface area contributed by atoms with Crippen molar-refractivity contribution >= 4 is 23.5 Å². The molecule has 6 nitrogen and oxygen atoms in total. The third-order valence-corrected chi connectivity index (χ3v) is 12.6. The maximum Gasteiger partial charge on any atom is 0.316 e. The summed E-state index contributed by atoms with van der Waals surface area (Å²) in [6, 6.07) is 0.0677. The van der Waals surface area contributed by atoms with Crippen LogP contribution in [-0.2, 0) is 14.3 Å². The fraction of sp³-hybridized carbons (Fsp3) is 0.867. The normalized spacial score (nSPS) is 48.0. The van der Waals surface area contributed by atoms with E-state index in [1.165, 1.54) is 11.8 Å². The summed E-state index contributed by atoms with van der Waals surface area (Å²) in [5.41, 5.74) is -1.39. The molecule has 11 atom stereocenters. The summed E-state index contributed by atoms with van der Waals surface area (Å²) in [4.78, 5) is 26.9. The lowest BCUT2D eigenvalue weighted by atomic mass is 9.44. The van der Waals surface area contributed by atoms with Gasteiger partial charge >= 0.3 is 5.97 Å². The van der Waals surface area contributed by atoms with Crippen molar-refractivity contribution in [2.45, 2.75) is 116 Å². The summed E-state index contributed by atoms with van der Waals surface area (Å²) in [5, 5.41) is 25.8. The highest BCUT2D eigenvalue weighted by Gasteiger charge is 2.68. The Bertz CT molecular complexity index is 880. The van der Waals surface area contributed by atoms with Crippen LogP contribution in [0.2, 0.25) is 0 Å². The van der Waals surface area contributed by atoms with Crippen molar-refractivity contribution in [3.63, 3.8) is 0 Å². The van der Waals surface area contributed by atoms with Gasteiger partial charge in [0.2, 0.25) is 0 Å². The lowest BCUT2D eigenvalue weighted by Crippen LogP contribution is -2.63. The number of aliphatic hydroxyl groups excluding tert-OH is 2. The predicted molar refractivity (Wildman–Crippen MR) is 148 cm³/mol. The van der Waals surface area contributed by atoms with Gasteiger partial charge in [0.05, 0.1) is 18.0 Å². The van der Waals surface area contributed by atoms with Crippen LogP contribution in [0.5, 0.6) is 0 Å². The molecular weight excluding hydrogens is 486 g/mol. The third kappa shape index (κ3) is 4.85.